The molecule has 23 nitrogen and oxygen atoms in total. The highest BCUT2D eigenvalue weighted by Gasteiger charge is 2.60. The molecule has 0 radical (unpaired) electrons. The number of carboxylic acids is 1. The minimum atomic E-state index is -3.08. The van der Waals surface area contributed by atoms with E-state index in [0.29, 0.717) is 12.8 Å². The van der Waals surface area contributed by atoms with Crippen LogP contribution in [-0.2, 0) is 42.8 Å². The quantitative estimate of drug-likeness (QED) is 0.0308. The molecule has 3 rings (SSSR count). The highest BCUT2D eigenvalue weighted by Crippen LogP contribution is 2.38. The summed E-state index contributed by atoms with van der Waals surface area (Å²) in [5.74, 6) is -6.14. The Kier molecular flexibility index (Phi) is 36.6. The molecule has 3 aliphatic rings. The average molecular weight is 1170 g/mol. The highest BCUT2D eigenvalue weighted by molar-refractivity contribution is 5.77. The summed E-state index contributed by atoms with van der Waals surface area (Å²) in [5, 5.41) is 135. The van der Waals surface area contributed by atoms with E-state index in [1.54, 1.807) is 6.08 Å². The number of aliphatic hydroxyl groups is 11. The Labute approximate surface area is 480 Å². The zero-order valence-electron chi connectivity index (χ0n) is 48.6. The minimum absolute atomic E-state index is 0.204. The number of aliphatic carboxylic acids is 1. The molecule has 0 saturated carbocycles. The van der Waals surface area contributed by atoms with E-state index in [0.717, 1.165) is 51.9 Å². The fraction of sp³-hybridized carbons (Fsp3) is 0.914. The first-order valence-electron chi connectivity index (χ1n) is 30.6. The van der Waals surface area contributed by atoms with E-state index in [9.17, 15) is 75.7 Å². The van der Waals surface area contributed by atoms with Gasteiger partial charge >= 0.3 is 5.97 Å². The van der Waals surface area contributed by atoms with Gasteiger partial charge in [0.25, 0.3) is 5.79 Å². The number of aliphatic hydroxyl groups excluding tert-OH is 11. The fourth-order valence-electron chi connectivity index (χ4n) is 10.8. The molecular weight excluding hydrogens is 1060 g/mol. The molecule has 3 aliphatic heterocycles. The number of amides is 2. The van der Waals surface area contributed by atoms with Gasteiger partial charge in [0.15, 0.2) is 12.6 Å². The van der Waals surface area contributed by atoms with Crippen LogP contribution in [0, 0.1) is 0 Å². The monoisotopic (exact) mass is 1170 g/mol. The summed E-state index contributed by atoms with van der Waals surface area (Å²) in [4.78, 5) is 38.3. The van der Waals surface area contributed by atoms with E-state index in [2.05, 4.69) is 24.5 Å². The second kappa shape index (κ2) is 40.7. The van der Waals surface area contributed by atoms with Gasteiger partial charge in [-0.25, -0.2) is 4.79 Å². The van der Waals surface area contributed by atoms with Crippen LogP contribution >= 0.6 is 0 Å². The predicted octanol–water partition coefficient (Wildman–Crippen LogP) is 2.78. The third-order valence-electron chi connectivity index (χ3n) is 15.7. The molecule has 81 heavy (non-hydrogen) atoms. The van der Waals surface area contributed by atoms with Crippen molar-refractivity contribution in [3.05, 3.63) is 12.2 Å². The lowest BCUT2D eigenvalue weighted by atomic mass is 9.88. The van der Waals surface area contributed by atoms with Crippen molar-refractivity contribution in [2.45, 2.75) is 310 Å². The van der Waals surface area contributed by atoms with Gasteiger partial charge in [0, 0.05) is 19.8 Å². The first kappa shape index (κ1) is 72.7. The average Bonchev–Trinajstić information content (AvgIpc) is 3.49. The molecule has 474 valence electrons. The summed E-state index contributed by atoms with van der Waals surface area (Å²) in [5.41, 5.74) is 0. The Morgan fingerprint density at radius 3 is 1.64 bits per heavy atom. The third kappa shape index (κ3) is 25.1. The van der Waals surface area contributed by atoms with E-state index >= 15 is 0 Å². The van der Waals surface area contributed by atoms with Crippen molar-refractivity contribution < 1.29 is 104 Å². The zero-order chi connectivity index (χ0) is 59.7. The van der Waals surface area contributed by atoms with Crippen LogP contribution in [-0.4, -0.2) is 215 Å². The maximum Gasteiger partial charge on any atom is 0.364 e. The number of rotatable bonds is 44. The van der Waals surface area contributed by atoms with Crippen LogP contribution < -0.4 is 10.6 Å². The van der Waals surface area contributed by atoms with Gasteiger partial charge in [-0.2, -0.15) is 0 Å². The topological polar surface area (TPSA) is 373 Å². The van der Waals surface area contributed by atoms with Crippen molar-refractivity contribution in [1.29, 1.82) is 0 Å². The number of carboxylic acid groups (broad SMARTS) is 1. The van der Waals surface area contributed by atoms with Crippen LogP contribution in [0.1, 0.15) is 201 Å². The molecule has 0 aromatic carbocycles. The molecule has 3 heterocycles. The number of unbranched alkanes of at least 4 members (excludes halogenated alkanes) is 24. The minimum Gasteiger partial charge on any atom is -0.477 e. The summed E-state index contributed by atoms with van der Waals surface area (Å²) in [6, 6.07) is -2.61. The number of allylic oxidation sites excluding steroid dienone is 1. The molecule has 3 saturated heterocycles. The van der Waals surface area contributed by atoms with Crippen LogP contribution in [0.3, 0.4) is 0 Å². The molecular formula is C58H106N2O21. The molecule has 0 aromatic heterocycles. The summed E-state index contributed by atoms with van der Waals surface area (Å²) < 4.78 is 34.6. The molecule has 3 fully saturated rings. The van der Waals surface area contributed by atoms with Gasteiger partial charge in [0.05, 0.1) is 50.7 Å². The van der Waals surface area contributed by atoms with E-state index in [4.69, 9.17) is 28.4 Å². The van der Waals surface area contributed by atoms with Gasteiger partial charge in [-0.15, -0.1) is 0 Å². The maximum absolute atomic E-state index is 13.3. The molecule has 0 spiro atoms. The fourth-order valence-corrected chi connectivity index (χ4v) is 10.8. The second-order valence-electron chi connectivity index (χ2n) is 22.6. The standard InChI is InChI=1S/C58H106N2O21/c1-4-6-8-10-12-14-16-17-18-19-20-21-22-24-26-28-30-32-45(68)60-39(40(65)31-29-27-25-23-15-13-11-9-7-5-2)37-76-55-50(72)49(71)52(44(36-63)78-55)79-56-51(73)54(48(70)43(35-62)77-56)81-58(57(74)75)33-41(66)46(59-38(3)64)53(80-58)47(69)42(67)34-61/h29,31,39-44,46-56,61-63,65-67,69-73H,4-28,30,32-37H2,1-3H3,(H,59,64)(H,60,68)(H,74,75)/b31-29+. The number of carbonyl (C=O) groups is 3. The lowest BCUT2D eigenvalue weighted by Gasteiger charge is -2.50. The molecule has 14 N–H and O–H groups in total. The van der Waals surface area contributed by atoms with Gasteiger partial charge in [0.2, 0.25) is 11.8 Å². The Morgan fingerprint density at radius 1 is 0.642 bits per heavy atom. The van der Waals surface area contributed by atoms with Crippen LogP contribution in [0.25, 0.3) is 0 Å². The summed E-state index contributed by atoms with van der Waals surface area (Å²) in [7, 11) is 0. The third-order valence-corrected chi connectivity index (χ3v) is 15.7. The van der Waals surface area contributed by atoms with Crippen LogP contribution in [0.2, 0.25) is 0 Å². The smallest absolute Gasteiger partial charge is 0.364 e. The van der Waals surface area contributed by atoms with E-state index in [-0.39, 0.29) is 12.3 Å². The Balaban J connectivity index is 1.65. The van der Waals surface area contributed by atoms with Crippen molar-refractivity contribution >= 4 is 17.8 Å². The second-order valence-corrected chi connectivity index (χ2v) is 22.6. The van der Waals surface area contributed by atoms with E-state index in [1.807, 2.05) is 6.08 Å². The van der Waals surface area contributed by atoms with Gasteiger partial charge in [0.1, 0.15) is 67.1 Å². The number of nitrogens with one attached hydrogen (secondary N) is 2. The maximum atomic E-state index is 13.3. The summed E-state index contributed by atoms with van der Waals surface area (Å²) in [6.45, 7) is 2.08. The normalized spacial score (nSPS) is 30.5. The van der Waals surface area contributed by atoms with Gasteiger partial charge in [-0.05, 0) is 19.3 Å². The summed E-state index contributed by atoms with van der Waals surface area (Å²) in [6.07, 6.45) is 4.37. The van der Waals surface area contributed by atoms with Crippen molar-refractivity contribution in [3.63, 3.8) is 0 Å². The molecule has 0 aromatic rings. The number of ether oxygens (including phenoxy) is 6. The van der Waals surface area contributed by atoms with Crippen LogP contribution in [0.4, 0.5) is 0 Å². The summed E-state index contributed by atoms with van der Waals surface area (Å²) >= 11 is 0. The first-order valence-corrected chi connectivity index (χ1v) is 30.6. The van der Waals surface area contributed by atoms with Gasteiger partial charge in [-0.1, -0.05) is 174 Å². The Bertz CT molecular complexity index is 1720. The number of carbonyl (C=O) groups excluding carboxylic acids is 2. The zero-order valence-corrected chi connectivity index (χ0v) is 48.6. The molecule has 18 unspecified atom stereocenters. The van der Waals surface area contributed by atoms with Crippen molar-refractivity contribution in [3.8, 4) is 0 Å². The molecule has 18 atom stereocenters. The van der Waals surface area contributed by atoms with Crippen LogP contribution in [0.15, 0.2) is 12.2 Å². The van der Waals surface area contributed by atoms with Crippen molar-refractivity contribution in [2.75, 3.05) is 26.4 Å². The van der Waals surface area contributed by atoms with Crippen molar-refractivity contribution in [2.24, 2.45) is 0 Å². The Hall–Kier alpha value is -2.53. The first-order chi connectivity index (χ1) is 38.9. The largest absolute Gasteiger partial charge is 0.477 e. The molecule has 2 amide bonds. The lowest BCUT2D eigenvalue weighted by molar-refractivity contribution is -0.386. The van der Waals surface area contributed by atoms with Gasteiger partial charge in [-0.3, -0.25) is 9.59 Å². The number of hydrogen-bond donors (Lipinski definition) is 14. The Morgan fingerprint density at radius 2 is 1.15 bits per heavy atom. The van der Waals surface area contributed by atoms with E-state index in [1.165, 1.54) is 109 Å². The van der Waals surface area contributed by atoms with Crippen LogP contribution in [0.5, 0.6) is 0 Å². The molecule has 0 aliphatic carbocycles. The molecule has 23 heteroatoms. The van der Waals surface area contributed by atoms with E-state index < -0.39 is 155 Å². The predicted molar refractivity (Wildman–Crippen MR) is 297 cm³/mol. The number of hydrogen-bond acceptors (Lipinski definition) is 20. The van der Waals surface area contributed by atoms with Crippen molar-refractivity contribution in [1.82, 2.24) is 10.6 Å². The molecule has 0 bridgehead atoms. The highest BCUT2D eigenvalue weighted by atomic mass is 16.8. The SMILES string of the molecule is CCCCCCCCCC/C=C/C(O)C(COC1OC(CO)C(OC2OC(CO)C(O)C(OC3(C(=O)O)CC(O)C(NC(C)=O)C(C(O)C(O)CO)O3)C2O)C(O)C1O)NC(=O)CCCCCCCCCCCCCCCCCCC. The lowest BCUT2D eigenvalue weighted by Crippen LogP contribution is -2.70. The van der Waals surface area contributed by atoms with Gasteiger partial charge < -0.3 is 100 Å².